The maximum Gasteiger partial charge on any atom is 0.325 e. The summed E-state index contributed by atoms with van der Waals surface area (Å²) in [5.74, 6) is 0.490. The van der Waals surface area contributed by atoms with Gasteiger partial charge in [0.1, 0.15) is 0 Å². The van der Waals surface area contributed by atoms with Crippen LogP contribution < -0.4 is 15.1 Å². The second-order valence-electron chi connectivity index (χ2n) is 6.35. The van der Waals surface area contributed by atoms with E-state index in [1.54, 1.807) is 27.0 Å². The van der Waals surface area contributed by atoms with E-state index in [1.807, 2.05) is 53.9 Å². The van der Waals surface area contributed by atoms with E-state index in [0.29, 0.717) is 27.9 Å². The highest BCUT2D eigenvalue weighted by Gasteiger charge is 2.42. The Kier molecular flexibility index (Phi) is 5.46. The standard InChI is InChI=1S/C21H18N4O2S2/c1-3-12-29-21-22-20(27)19-16-8-4-5-9-17(16)24(14(2)26)18(25(19)23-21)11-10-15-7-6-13-28-15/h3-11,13,18H,1,12H2,2H3/p+1/b11-10+/t18-/m1/s1. The van der Waals surface area contributed by atoms with Crippen LogP contribution in [0.2, 0.25) is 0 Å². The number of anilines is 1. The van der Waals surface area contributed by atoms with E-state index in [-0.39, 0.29) is 11.5 Å². The van der Waals surface area contributed by atoms with Crippen molar-refractivity contribution in [1.29, 1.82) is 0 Å². The van der Waals surface area contributed by atoms with Crippen LogP contribution in [0, 0.1) is 0 Å². The zero-order chi connectivity index (χ0) is 20.4. The Morgan fingerprint density at radius 2 is 2.21 bits per heavy atom. The number of fused-ring (bicyclic) bond motifs is 3. The van der Waals surface area contributed by atoms with E-state index in [9.17, 15) is 9.59 Å². The first kappa shape index (κ1) is 19.4. The zero-order valence-corrected chi connectivity index (χ0v) is 17.4. The van der Waals surface area contributed by atoms with Gasteiger partial charge >= 0.3 is 11.3 Å². The lowest BCUT2D eigenvalue weighted by atomic mass is 10.0. The second-order valence-corrected chi connectivity index (χ2v) is 8.33. The molecule has 0 unspecified atom stereocenters. The number of carbonyl (C=O) groups excluding carboxylic acids is 1. The van der Waals surface area contributed by atoms with Crippen LogP contribution in [0.25, 0.3) is 17.3 Å². The number of thiophene rings is 1. The van der Waals surface area contributed by atoms with Crippen LogP contribution in [0.15, 0.2) is 70.5 Å². The number of hydrogen-bond donors (Lipinski definition) is 1. The molecule has 6 nitrogen and oxygen atoms in total. The highest BCUT2D eigenvalue weighted by molar-refractivity contribution is 7.99. The topological polar surface area (TPSA) is 69.9 Å². The van der Waals surface area contributed by atoms with Crippen molar-refractivity contribution in [3.05, 3.63) is 75.7 Å². The molecule has 4 rings (SSSR count). The first-order chi connectivity index (χ1) is 14.1. The van der Waals surface area contributed by atoms with Gasteiger partial charge in [0.2, 0.25) is 11.1 Å². The third-order valence-corrected chi connectivity index (χ3v) is 6.15. The van der Waals surface area contributed by atoms with Gasteiger partial charge in [0.15, 0.2) is 0 Å². The summed E-state index contributed by atoms with van der Waals surface area (Å²) in [6.07, 6.45) is 5.06. The summed E-state index contributed by atoms with van der Waals surface area (Å²) in [4.78, 5) is 31.2. The summed E-state index contributed by atoms with van der Waals surface area (Å²) >= 11 is 2.99. The van der Waals surface area contributed by atoms with Gasteiger partial charge in [0.05, 0.1) is 11.3 Å². The molecule has 0 saturated heterocycles. The molecular formula is C21H19N4O2S2+. The van der Waals surface area contributed by atoms with Crippen molar-refractivity contribution in [3.63, 3.8) is 0 Å². The molecule has 0 spiro atoms. The number of para-hydroxylation sites is 1. The second kappa shape index (κ2) is 8.18. The van der Waals surface area contributed by atoms with E-state index in [0.717, 1.165) is 4.88 Å². The van der Waals surface area contributed by atoms with E-state index in [2.05, 4.69) is 16.7 Å². The van der Waals surface area contributed by atoms with Crippen LogP contribution in [0.5, 0.6) is 0 Å². The fraction of sp³-hybridized carbons (Fsp3) is 0.143. The number of H-pyrrole nitrogens is 1. The van der Waals surface area contributed by atoms with Gasteiger partial charge < -0.3 is 0 Å². The average Bonchev–Trinajstić information content (AvgIpc) is 3.23. The number of benzene rings is 1. The first-order valence-electron chi connectivity index (χ1n) is 9.01. The molecule has 1 aliphatic heterocycles. The minimum Gasteiger partial charge on any atom is -0.291 e. The Balaban J connectivity index is 1.94. The number of rotatable bonds is 5. The van der Waals surface area contributed by atoms with Crippen LogP contribution in [-0.2, 0) is 4.79 Å². The summed E-state index contributed by atoms with van der Waals surface area (Å²) in [6.45, 7) is 5.24. The van der Waals surface area contributed by atoms with Gasteiger partial charge in [-0.3, -0.25) is 14.6 Å². The van der Waals surface area contributed by atoms with Crippen molar-refractivity contribution in [2.45, 2.75) is 18.2 Å². The van der Waals surface area contributed by atoms with Crippen LogP contribution >= 0.6 is 23.1 Å². The maximum atomic E-state index is 13.0. The van der Waals surface area contributed by atoms with Gasteiger partial charge in [0.25, 0.3) is 6.17 Å². The molecule has 0 aliphatic carbocycles. The third-order valence-electron chi connectivity index (χ3n) is 4.45. The predicted octanol–water partition coefficient (Wildman–Crippen LogP) is 3.64. The lowest BCUT2D eigenvalue weighted by Crippen LogP contribution is -2.59. The minimum absolute atomic E-state index is 0.126. The highest BCUT2D eigenvalue weighted by Crippen LogP contribution is 2.35. The Hall–Kier alpha value is -2.97. The number of amides is 1. The van der Waals surface area contributed by atoms with Gasteiger partial charge in [-0.25, -0.2) is 4.90 Å². The van der Waals surface area contributed by atoms with Gasteiger partial charge in [-0.15, -0.1) is 17.9 Å². The van der Waals surface area contributed by atoms with Crippen molar-refractivity contribution in [2.24, 2.45) is 0 Å². The number of hydrogen-bond acceptors (Lipinski definition) is 5. The summed E-state index contributed by atoms with van der Waals surface area (Å²) in [5.41, 5.74) is 1.57. The fourth-order valence-electron chi connectivity index (χ4n) is 3.30. The lowest BCUT2D eigenvalue weighted by molar-refractivity contribution is -0.761. The van der Waals surface area contributed by atoms with E-state index in [4.69, 9.17) is 0 Å². The minimum atomic E-state index is -0.551. The van der Waals surface area contributed by atoms with Gasteiger partial charge in [-0.05, 0) is 34.3 Å². The summed E-state index contributed by atoms with van der Waals surface area (Å²) < 4.78 is 1.64. The molecule has 0 saturated carbocycles. The van der Waals surface area contributed by atoms with E-state index < -0.39 is 6.17 Å². The highest BCUT2D eigenvalue weighted by atomic mass is 32.2. The summed E-state index contributed by atoms with van der Waals surface area (Å²) in [6, 6.07) is 11.4. The largest absolute Gasteiger partial charge is 0.325 e. The molecular weight excluding hydrogens is 404 g/mol. The smallest absolute Gasteiger partial charge is 0.291 e. The predicted molar refractivity (Wildman–Crippen MR) is 117 cm³/mol. The van der Waals surface area contributed by atoms with Crippen molar-refractivity contribution in [1.82, 2.24) is 10.1 Å². The Labute approximate surface area is 176 Å². The molecule has 146 valence electrons. The van der Waals surface area contributed by atoms with Crippen molar-refractivity contribution in [2.75, 3.05) is 10.7 Å². The number of nitrogens with one attached hydrogen (secondary N) is 1. The molecule has 0 radical (unpaired) electrons. The molecule has 2 aromatic heterocycles. The summed E-state index contributed by atoms with van der Waals surface area (Å²) in [5, 5.41) is 7.13. The van der Waals surface area contributed by atoms with Gasteiger partial charge in [-0.2, -0.15) is 0 Å². The molecule has 3 heterocycles. The Morgan fingerprint density at radius 3 is 2.93 bits per heavy atom. The van der Waals surface area contributed by atoms with E-state index in [1.165, 1.54) is 18.7 Å². The van der Waals surface area contributed by atoms with Crippen LogP contribution in [0.1, 0.15) is 18.0 Å². The molecule has 1 N–H and O–H groups in total. The number of aromatic nitrogens is 3. The SMILES string of the molecule is C=CCSc1n[n+]2c(c(=O)[nH]1)-c1ccccc1N(C(C)=O)[C@H]2/C=C/c1cccs1. The Morgan fingerprint density at radius 1 is 1.38 bits per heavy atom. The number of carbonyl (C=O) groups is 1. The molecule has 8 heteroatoms. The lowest BCUT2D eigenvalue weighted by Gasteiger charge is -2.29. The van der Waals surface area contributed by atoms with Gasteiger partial charge in [0, 0.05) is 28.7 Å². The molecule has 0 fully saturated rings. The normalized spacial score (nSPS) is 15.2. The average molecular weight is 424 g/mol. The molecule has 1 aliphatic rings. The monoisotopic (exact) mass is 423 g/mol. The van der Waals surface area contributed by atoms with Crippen molar-refractivity contribution < 1.29 is 9.48 Å². The molecule has 1 aromatic carbocycles. The number of nitrogens with zero attached hydrogens (tertiary/aromatic N) is 3. The van der Waals surface area contributed by atoms with Crippen LogP contribution in [0.3, 0.4) is 0 Å². The van der Waals surface area contributed by atoms with Crippen molar-refractivity contribution in [3.8, 4) is 11.3 Å². The van der Waals surface area contributed by atoms with E-state index >= 15 is 0 Å². The van der Waals surface area contributed by atoms with Crippen LogP contribution in [0.4, 0.5) is 5.69 Å². The van der Waals surface area contributed by atoms with Crippen LogP contribution in [-0.4, -0.2) is 21.7 Å². The molecule has 1 amide bonds. The molecule has 0 bridgehead atoms. The Bertz CT molecular complexity index is 1150. The molecule has 3 aromatic rings. The quantitative estimate of drug-likeness (QED) is 0.386. The fourth-order valence-corrected chi connectivity index (χ4v) is 4.51. The number of aromatic amines is 1. The first-order valence-corrected chi connectivity index (χ1v) is 10.9. The zero-order valence-electron chi connectivity index (χ0n) is 15.7. The van der Waals surface area contributed by atoms with Crippen molar-refractivity contribution >= 4 is 40.8 Å². The third kappa shape index (κ3) is 3.68. The summed E-state index contributed by atoms with van der Waals surface area (Å²) in [7, 11) is 0. The number of thioether (sulfide) groups is 1. The molecule has 1 atom stereocenters. The molecule has 29 heavy (non-hydrogen) atoms. The maximum absolute atomic E-state index is 13.0. The van der Waals surface area contributed by atoms with Gasteiger partial charge in [-0.1, -0.05) is 36.0 Å².